The van der Waals surface area contributed by atoms with Gasteiger partial charge in [0.15, 0.2) is 5.82 Å². The number of rotatable bonds is 5. The summed E-state index contributed by atoms with van der Waals surface area (Å²) < 4.78 is 6.30. The molecule has 0 aliphatic carbocycles. The van der Waals surface area contributed by atoms with E-state index in [2.05, 4.69) is 15.2 Å². The van der Waals surface area contributed by atoms with Gasteiger partial charge in [-0.25, -0.2) is 4.68 Å². The van der Waals surface area contributed by atoms with Crippen molar-refractivity contribution in [3.05, 3.63) is 55.2 Å². The number of hydrogen-bond donors (Lipinski definition) is 2. The molecule has 0 aromatic carbocycles. The SMILES string of the molecule is Cc1c(N)cnn(Cc2nc(C[C@H](O)c3cc(Cl)cs3)no2)c1=O. The minimum absolute atomic E-state index is 0.0356. The van der Waals surface area contributed by atoms with Crippen LogP contribution in [0.1, 0.15) is 28.3 Å². The summed E-state index contributed by atoms with van der Waals surface area (Å²) in [6, 6.07) is 1.69. The third-order valence-electron chi connectivity index (χ3n) is 3.41. The lowest BCUT2D eigenvalue weighted by atomic mass is 10.2. The average molecular weight is 368 g/mol. The van der Waals surface area contributed by atoms with Crippen LogP contribution >= 0.6 is 22.9 Å². The van der Waals surface area contributed by atoms with Crippen LogP contribution in [0.15, 0.2) is 27.0 Å². The third-order valence-corrected chi connectivity index (χ3v) is 4.79. The van der Waals surface area contributed by atoms with Gasteiger partial charge in [-0.15, -0.1) is 11.3 Å². The van der Waals surface area contributed by atoms with Crippen molar-refractivity contribution in [1.82, 2.24) is 19.9 Å². The first-order valence-electron chi connectivity index (χ1n) is 6.99. The Hall–Kier alpha value is -2.23. The number of nitrogens with zero attached hydrogens (tertiary/aromatic N) is 4. The molecular weight excluding hydrogens is 354 g/mol. The summed E-state index contributed by atoms with van der Waals surface area (Å²) in [5.41, 5.74) is 6.06. The fourth-order valence-electron chi connectivity index (χ4n) is 2.05. The molecule has 0 unspecified atom stereocenters. The van der Waals surface area contributed by atoms with Crippen LogP contribution in [-0.2, 0) is 13.0 Å². The number of aliphatic hydroxyl groups is 1. The number of halogens is 1. The highest BCUT2D eigenvalue weighted by Crippen LogP contribution is 2.26. The molecule has 3 N–H and O–H groups in total. The summed E-state index contributed by atoms with van der Waals surface area (Å²) in [5.74, 6) is 0.558. The zero-order chi connectivity index (χ0) is 17.3. The van der Waals surface area contributed by atoms with E-state index in [0.29, 0.717) is 22.1 Å². The molecule has 0 amide bonds. The van der Waals surface area contributed by atoms with E-state index < -0.39 is 6.10 Å². The lowest BCUT2D eigenvalue weighted by molar-refractivity contribution is 0.178. The molecule has 3 aromatic heterocycles. The average Bonchev–Trinajstić information content (AvgIpc) is 3.17. The third kappa shape index (κ3) is 3.48. The Bertz CT molecular complexity index is 919. The van der Waals surface area contributed by atoms with E-state index in [1.54, 1.807) is 18.4 Å². The van der Waals surface area contributed by atoms with Gasteiger partial charge in [-0.3, -0.25) is 4.79 Å². The Morgan fingerprint density at radius 2 is 2.33 bits per heavy atom. The smallest absolute Gasteiger partial charge is 0.272 e. The highest BCUT2D eigenvalue weighted by atomic mass is 35.5. The summed E-state index contributed by atoms with van der Waals surface area (Å²) in [6.45, 7) is 1.66. The van der Waals surface area contributed by atoms with Gasteiger partial charge < -0.3 is 15.4 Å². The molecule has 0 fully saturated rings. The Balaban J connectivity index is 1.72. The number of anilines is 1. The molecule has 0 saturated carbocycles. The van der Waals surface area contributed by atoms with E-state index in [4.69, 9.17) is 21.9 Å². The summed E-state index contributed by atoms with van der Waals surface area (Å²) in [5, 5.41) is 20.2. The second-order valence-electron chi connectivity index (χ2n) is 5.18. The molecule has 0 bridgehead atoms. The zero-order valence-corrected chi connectivity index (χ0v) is 14.2. The van der Waals surface area contributed by atoms with Crippen molar-refractivity contribution in [2.24, 2.45) is 0 Å². The van der Waals surface area contributed by atoms with E-state index in [1.807, 2.05) is 0 Å². The van der Waals surface area contributed by atoms with Gasteiger partial charge in [0, 0.05) is 22.2 Å². The Morgan fingerprint density at radius 3 is 3.04 bits per heavy atom. The summed E-state index contributed by atoms with van der Waals surface area (Å²) in [4.78, 5) is 16.9. The predicted octanol–water partition coefficient (Wildman–Crippen LogP) is 1.56. The lowest BCUT2D eigenvalue weighted by Gasteiger charge is -2.04. The minimum atomic E-state index is -0.771. The molecule has 126 valence electrons. The van der Waals surface area contributed by atoms with Crippen LogP contribution in [0.3, 0.4) is 0 Å². The standard InChI is InChI=1S/C14H14ClN5O3S/c1-7-9(16)4-17-20(14(7)22)5-13-18-12(19-23-13)3-10(21)11-2-8(15)6-24-11/h2,4,6,10,21H,3,5,16H2,1H3/t10-/m0/s1. The van der Waals surface area contributed by atoms with Gasteiger partial charge in [0.25, 0.3) is 5.56 Å². The van der Waals surface area contributed by atoms with Gasteiger partial charge in [-0.2, -0.15) is 10.1 Å². The van der Waals surface area contributed by atoms with Crippen LogP contribution in [0.25, 0.3) is 0 Å². The largest absolute Gasteiger partial charge is 0.397 e. The first-order chi connectivity index (χ1) is 11.4. The summed E-state index contributed by atoms with van der Waals surface area (Å²) >= 11 is 7.20. The second-order valence-corrected chi connectivity index (χ2v) is 6.56. The van der Waals surface area contributed by atoms with Crippen molar-refractivity contribution >= 4 is 28.6 Å². The van der Waals surface area contributed by atoms with Crippen LogP contribution in [-0.4, -0.2) is 25.0 Å². The number of hydrogen-bond acceptors (Lipinski definition) is 8. The Morgan fingerprint density at radius 1 is 1.54 bits per heavy atom. The van der Waals surface area contributed by atoms with Gasteiger partial charge >= 0.3 is 0 Å². The van der Waals surface area contributed by atoms with Crippen LogP contribution < -0.4 is 11.3 Å². The van der Waals surface area contributed by atoms with Gasteiger partial charge in [0.1, 0.15) is 6.54 Å². The van der Waals surface area contributed by atoms with Gasteiger partial charge in [-0.05, 0) is 13.0 Å². The minimum Gasteiger partial charge on any atom is -0.397 e. The van der Waals surface area contributed by atoms with E-state index in [-0.39, 0.29) is 24.4 Å². The molecule has 3 heterocycles. The van der Waals surface area contributed by atoms with Crippen molar-refractivity contribution < 1.29 is 9.63 Å². The molecule has 0 aliphatic rings. The molecule has 1 atom stereocenters. The number of aliphatic hydroxyl groups excluding tert-OH is 1. The van der Waals surface area contributed by atoms with Crippen LogP contribution in [0.5, 0.6) is 0 Å². The molecule has 3 aromatic rings. The maximum Gasteiger partial charge on any atom is 0.272 e. The zero-order valence-electron chi connectivity index (χ0n) is 12.6. The second kappa shape index (κ2) is 6.71. The summed E-state index contributed by atoms with van der Waals surface area (Å²) in [6.07, 6.45) is 0.814. The normalized spacial score (nSPS) is 12.5. The van der Waals surface area contributed by atoms with Crippen molar-refractivity contribution in [3.8, 4) is 0 Å². The van der Waals surface area contributed by atoms with E-state index in [1.165, 1.54) is 22.2 Å². The molecule has 10 heteroatoms. The van der Waals surface area contributed by atoms with Gasteiger partial charge in [-0.1, -0.05) is 16.8 Å². The number of aromatic nitrogens is 4. The van der Waals surface area contributed by atoms with E-state index >= 15 is 0 Å². The molecule has 0 saturated heterocycles. The first kappa shape index (κ1) is 16.6. The maximum absolute atomic E-state index is 12.0. The highest BCUT2D eigenvalue weighted by Gasteiger charge is 2.16. The molecular formula is C14H14ClN5O3S. The quantitative estimate of drug-likeness (QED) is 0.701. The van der Waals surface area contributed by atoms with Crippen LogP contribution in [0.2, 0.25) is 5.02 Å². The van der Waals surface area contributed by atoms with E-state index in [9.17, 15) is 9.90 Å². The highest BCUT2D eigenvalue weighted by molar-refractivity contribution is 7.10. The van der Waals surface area contributed by atoms with Crippen LogP contribution in [0, 0.1) is 6.92 Å². The molecule has 0 radical (unpaired) electrons. The van der Waals surface area contributed by atoms with Crippen molar-refractivity contribution in [2.75, 3.05) is 5.73 Å². The van der Waals surface area contributed by atoms with Crippen LogP contribution in [0.4, 0.5) is 5.69 Å². The number of thiophene rings is 1. The van der Waals surface area contributed by atoms with Gasteiger partial charge in [0.2, 0.25) is 5.89 Å². The predicted molar refractivity (Wildman–Crippen MR) is 89.0 cm³/mol. The van der Waals surface area contributed by atoms with Crippen molar-refractivity contribution in [1.29, 1.82) is 0 Å². The molecule has 0 aliphatic heterocycles. The molecule has 8 nitrogen and oxygen atoms in total. The molecule has 3 rings (SSSR count). The Kier molecular flexibility index (Phi) is 4.65. The summed E-state index contributed by atoms with van der Waals surface area (Å²) in [7, 11) is 0. The first-order valence-corrected chi connectivity index (χ1v) is 8.25. The van der Waals surface area contributed by atoms with Crippen molar-refractivity contribution in [2.45, 2.75) is 26.0 Å². The van der Waals surface area contributed by atoms with Gasteiger partial charge in [0.05, 0.1) is 23.0 Å². The topological polar surface area (TPSA) is 120 Å². The fraction of sp³-hybridized carbons (Fsp3) is 0.286. The number of nitrogen functional groups attached to an aromatic ring is 1. The number of nitrogens with two attached hydrogens (primary N) is 1. The van der Waals surface area contributed by atoms with E-state index in [0.717, 1.165) is 4.88 Å². The maximum atomic E-state index is 12.0. The Labute approximate surface area is 145 Å². The molecule has 24 heavy (non-hydrogen) atoms. The monoisotopic (exact) mass is 367 g/mol. The molecule has 0 spiro atoms. The lowest BCUT2D eigenvalue weighted by Crippen LogP contribution is -2.26. The fourth-order valence-corrected chi connectivity index (χ4v) is 3.12. The van der Waals surface area contributed by atoms with Crippen molar-refractivity contribution in [3.63, 3.8) is 0 Å².